The summed E-state index contributed by atoms with van der Waals surface area (Å²) < 4.78 is 11.2. The van der Waals surface area contributed by atoms with Gasteiger partial charge in [-0.3, -0.25) is 14.5 Å². The molecule has 0 saturated carbocycles. The number of nitriles is 1. The van der Waals surface area contributed by atoms with Gasteiger partial charge in [-0.2, -0.15) is 5.26 Å². The lowest BCUT2D eigenvalue weighted by molar-refractivity contribution is -0.132. The van der Waals surface area contributed by atoms with Gasteiger partial charge in [-0.05, 0) is 72.0 Å². The van der Waals surface area contributed by atoms with E-state index in [2.05, 4.69) is 6.07 Å². The summed E-state index contributed by atoms with van der Waals surface area (Å²) in [6, 6.07) is 20.0. The molecule has 0 bridgehead atoms. The van der Waals surface area contributed by atoms with Crippen molar-refractivity contribution in [1.29, 1.82) is 5.26 Å². The SMILES string of the molecule is CCCOc1ccc(C2/C(=C(/O)c3ccc(OC)c(C(C)(C)C)c3)C(=O)C(=O)N2c2ccc(C#N)cc2)cc1. The van der Waals surface area contributed by atoms with E-state index in [4.69, 9.17) is 9.47 Å². The number of aliphatic hydroxyl groups is 1. The zero-order valence-corrected chi connectivity index (χ0v) is 22.8. The average molecular weight is 525 g/mol. The van der Waals surface area contributed by atoms with Crippen LogP contribution in [-0.2, 0) is 15.0 Å². The molecule has 0 aliphatic carbocycles. The van der Waals surface area contributed by atoms with E-state index in [9.17, 15) is 20.0 Å². The first-order valence-electron chi connectivity index (χ1n) is 12.8. The highest BCUT2D eigenvalue weighted by atomic mass is 16.5. The molecule has 1 saturated heterocycles. The third kappa shape index (κ3) is 5.37. The number of Topliss-reactive ketones (excluding diaryl/α,β-unsaturated/α-hetero) is 1. The number of ketones is 1. The minimum atomic E-state index is -0.890. The quantitative estimate of drug-likeness (QED) is 0.222. The third-order valence-electron chi connectivity index (χ3n) is 6.67. The van der Waals surface area contributed by atoms with Crippen LogP contribution in [0.15, 0.2) is 72.3 Å². The van der Waals surface area contributed by atoms with Gasteiger partial charge in [-0.1, -0.05) is 39.8 Å². The van der Waals surface area contributed by atoms with Crippen LogP contribution in [0.1, 0.15) is 62.4 Å². The number of methoxy groups -OCH3 is 1. The molecule has 7 heteroatoms. The number of amides is 1. The van der Waals surface area contributed by atoms with Gasteiger partial charge in [0.05, 0.1) is 37.0 Å². The van der Waals surface area contributed by atoms with Crippen molar-refractivity contribution in [1.82, 2.24) is 0 Å². The van der Waals surface area contributed by atoms with Crippen molar-refractivity contribution >= 4 is 23.1 Å². The molecule has 1 N–H and O–H groups in total. The molecule has 4 rings (SSSR count). The summed E-state index contributed by atoms with van der Waals surface area (Å²) in [6.07, 6.45) is 0.860. The molecule has 1 unspecified atom stereocenters. The molecular weight excluding hydrogens is 492 g/mol. The standard InChI is InChI=1S/C32H32N2O5/c1-6-17-39-24-14-9-21(10-15-24)28-27(29(35)22-11-16-26(38-5)25(18-22)32(2,3)4)30(36)31(37)34(28)23-12-7-20(19-33)8-13-23/h7-16,18,28,35H,6,17H2,1-5H3/b29-27-. The van der Waals surface area contributed by atoms with Crippen molar-refractivity contribution in [2.24, 2.45) is 0 Å². The fourth-order valence-electron chi connectivity index (χ4n) is 4.67. The fourth-order valence-corrected chi connectivity index (χ4v) is 4.67. The Kier molecular flexibility index (Phi) is 7.78. The van der Waals surface area contributed by atoms with Crippen LogP contribution in [0.3, 0.4) is 0 Å². The zero-order chi connectivity index (χ0) is 28.3. The molecule has 1 aliphatic rings. The molecule has 0 spiro atoms. The first kappa shape index (κ1) is 27.5. The van der Waals surface area contributed by atoms with Crippen LogP contribution in [0.4, 0.5) is 5.69 Å². The maximum absolute atomic E-state index is 13.5. The molecule has 1 fully saturated rings. The Balaban J connectivity index is 1.91. The summed E-state index contributed by atoms with van der Waals surface area (Å²) in [4.78, 5) is 28.3. The van der Waals surface area contributed by atoms with Crippen molar-refractivity contribution < 1.29 is 24.2 Å². The first-order chi connectivity index (χ1) is 18.6. The normalized spacial score (nSPS) is 16.7. The van der Waals surface area contributed by atoms with E-state index in [1.807, 2.05) is 27.7 Å². The van der Waals surface area contributed by atoms with E-state index in [1.54, 1.807) is 73.8 Å². The van der Waals surface area contributed by atoms with E-state index in [-0.39, 0.29) is 16.7 Å². The lowest BCUT2D eigenvalue weighted by Gasteiger charge is -2.26. The van der Waals surface area contributed by atoms with Crippen LogP contribution in [0.25, 0.3) is 5.76 Å². The van der Waals surface area contributed by atoms with Crippen LogP contribution in [0.2, 0.25) is 0 Å². The largest absolute Gasteiger partial charge is 0.507 e. The molecule has 3 aromatic rings. The van der Waals surface area contributed by atoms with Gasteiger partial charge in [0.25, 0.3) is 11.7 Å². The van der Waals surface area contributed by atoms with Gasteiger partial charge in [0.15, 0.2) is 0 Å². The predicted molar refractivity (Wildman–Crippen MR) is 150 cm³/mol. The minimum Gasteiger partial charge on any atom is -0.507 e. The van der Waals surface area contributed by atoms with Gasteiger partial charge in [-0.25, -0.2) is 0 Å². The summed E-state index contributed by atoms with van der Waals surface area (Å²) in [7, 11) is 1.58. The Morgan fingerprint density at radius 3 is 2.26 bits per heavy atom. The second kappa shape index (κ2) is 11.0. The zero-order valence-electron chi connectivity index (χ0n) is 22.8. The highest BCUT2D eigenvalue weighted by Crippen LogP contribution is 2.43. The number of carbonyl (C=O) groups is 2. The molecule has 1 aliphatic heterocycles. The Bertz CT molecular complexity index is 1460. The van der Waals surface area contributed by atoms with Crippen molar-refractivity contribution in [3.05, 3.63) is 94.6 Å². The Hall–Kier alpha value is -4.57. The van der Waals surface area contributed by atoms with Crippen molar-refractivity contribution in [3.8, 4) is 17.6 Å². The molecule has 3 aromatic carbocycles. The topological polar surface area (TPSA) is 99.9 Å². The van der Waals surface area contributed by atoms with E-state index < -0.39 is 17.7 Å². The Morgan fingerprint density at radius 1 is 1.03 bits per heavy atom. The number of anilines is 1. The molecule has 7 nitrogen and oxygen atoms in total. The molecule has 1 heterocycles. The van der Waals surface area contributed by atoms with Gasteiger partial charge in [0.2, 0.25) is 0 Å². The number of carbonyl (C=O) groups excluding carboxylic acids is 2. The number of nitrogens with zero attached hydrogens (tertiary/aromatic N) is 2. The van der Waals surface area contributed by atoms with Crippen molar-refractivity contribution in [2.45, 2.75) is 45.6 Å². The summed E-state index contributed by atoms with van der Waals surface area (Å²) in [6.45, 7) is 8.67. The van der Waals surface area contributed by atoms with Crippen LogP contribution in [0, 0.1) is 11.3 Å². The maximum atomic E-state index is 13.5. The fraction of sp³-hybridized carbons (Fsp3) is 0.281. The highest BCUT2D eigenvalue weighted by Gasteiger charge is 2.47. The lowest BCUT2D eigenvalue weighted by Crippen LogP contribution is -2.29. The smallest absolute Gasteiger partial charge is 0.300 e. The van der Waals surface area contributed by atoms with Gasteiger partial charge < -0.3 is 14.6 Å². The van der Waals surface area contributed by atoms with Gasteiger partial charge >= 0.3 is 0 Å². The molecule has 1 amide bonds. The minimum absolute atomic E-state index is 0.0170. The van der Waals surface area contributed by atoms with Gasteiger partial charge in [0, 0.05) is 16.8 Å². The second-order valence-electron chi connectivity index (χ2n) is 10.4. The van der Waals surface area contributed by atoms with E-state index in [1.165, 1.54) is 4.90 Å². The number of rotatable bonds is 7. The molecule has 1 atom stereocenters. The van der Waals surface area contributed by atoms with Crippen LogP contribution in [0.5, 0.6) is 11.5 Å². The highest BCUT2D eigenvalue weighted by molar-refractivity contribution is 6.51. The maximum Gasteiger partial charge on any atom is 0.300 e. The number of ether oxygens (including phenoxy) is 2. The van der Waals surface area contributed by atoms with Crippen LogP contribution < -0.4 is 14.4 Å². The van der Waals surface area contributed by atoms with E-state index in [0.717, 1.165) is 12.0 Å². The van der Waals surface area contributed by atoms with Gasteiger partial charge in [-0.15, -0.1) is 0 Å². The Morgan fingerprint density at radius 2 is 1.69 bits per heavy atom. The predicted octanol–water partition coefficient (Wildman–Crippen LogP) is 6.28. The molecular formula is C32H32N2O5. The summed E-state index contributed by atoms with van der Waals surface area (Å²) >= 11 is 0. The molecule has 200 valence electrons. The first-order valence-corrected chi connectivity index (χ1v) is 12.8. The lowest BCUT2D eigenvalue weighted by atomic mass is 9.84. The average Bonchev–Trinajstić information content (AvgIpc) is 3.20. The summed E-state index contributed by atoms with van der Waals surface area (Å²) in [5.74, 6) is -0.491. The Labute approximate surface area is 228 Å². The number of hydrogen-bond acceptors (Lipinski definition) is 6. The van der Waals surface area contributed by atoms with Crippen molar-refractivity contribution in [2.75, 3.05) is 18.6 Å². The number of benzene rings is 3. The second-order valence-corrected chi connectivity index (χ2v) is 10.4. The molecule has 0 radical (unpaired) electrons. The van der Waals surface area contributed by atoms with Gasteiger partial charge in [0.1, 0.15) is 17.3 Å². The number of aliphatic hydroxyl groups excluding tert-OH is 1. The van der Waals surface area contributed by atoms with Crippen molar-refractivity contribution in [3.63, 3.8) is 0 Å². The summed E-state index contributed by atoms with van der Waals surface area (Å²) in [5.41, 5.74) is 2.44. The molecule has 39 heavy (non-hydrogen) atoms. The van der Waals surface area contributed by atoms with Crippen LogP contribution in [-0.4, -0.2) is 30.5 Å². The monoisotopic (exact) mass is 524 g/mol. The van der Waals surface area contributed by atoms with E-state index in [0.29, 0.717) is 40.5 Å². The van der Waals surface area contributed by atoms with Crippen LogP contribution >= 0.6 is 0 Å². The number of hydrogen-bond donors (Lipinski definition) is 1. The third-order valence-corrected chi connectivity index (χ3v) is 6.67. The summed E-state index contributed by atoms with van der Waals surface area (Å²) in [5, 5.41) is 20.8. The molecule has 0 aromatic heterocycles. The van der Waals surface area contributed by atoms with E-state index >= 15 is 0 Å².